The molecule has 1 N–H and O–H groups in total. The summed E-state index contributed by atoms with van der Waals surface area (Å²) in [5.74, 6) is 2.87. The van der Waals surface area contributed by atoms with Gasteiger partial charge in [0.05, 0.1) is 6.54 Å². The van der Waals surface area contributed by atoms with Crippen LogP contribution in [0.3, 0.4) is 0 Å². The van der Waals surface area contributed by atoms with Crippen LogP contribution < -0.4 is 26.5 Å². The molecule has 3 rings (SSSR count). The lowest BCUT2D eigenvalue weighted by Gasteiger charge is -2.40. The number of hydrogen-bond donors (Lipinski definition) is 1. The lowest BCUT2D eigenvalue weighted by Crippen LogP contribution is -2.61. The molecule has 2 aliphatic heterocycles. The molecule has 186 valence electrons. The molecule has 1 unspecified atom stereocenters. The maximum atomic E-state index is 13.2. The first-order valence-corrected chi connectivity index (χ1v) is 10.7. The average molecular weight is 484 g/mol. The molecule has 1 aromatic heterocycles. The highest BCUT2D eigenvalue weighted by molar-refractivity contribution is 5.80. The normalized spacial score (nSPS) is 18.3. The van der Waals surface area contributed by atoms with Gasteiger partial charge in [-0.2, -0.15) is 13.2 Å². The van der Waals surface area contributed by atoms with Crippen molar-refractivity contribution >= 4 is 17.5 Å². The lowest BCUT2D eigenvalue weighted by molar-refractivity contribution is -0.203. The number of piperazine rings is 1. The summed E-state index contributed by atoms with van der Waals surface area (Å²) in [6.45, 7) is 6.95. The van der Waals surface area contributed by atoms with E-state index in [9.17, 15) is 27.6 Å². The molecule has 1 atom stereocenters. The van der Waals surface area contributed by atoms with Gasteiger partial charge in [-0.25, -0.2) is 9.59 Å². The van der Waals surface area contributed by atoms with E-state index in [-0.39, 0.29) is 24.6 Å². The molecule has 0 aliphatic carbocycles. The van der Waals surface area contributed by atoms with Crippen molar-refractivity contribution < 1.29 is 22.8 Å². The molecule has 0 saturated carbocycles. The first kappa shape index (κ1) is 25.4. The van der Waals surface area contributed by atoms with Crippen molar-refractivity contribution in [2.75, 3.05) is 42.7 Å². The van der Waals surface area contributed by atoms with E-state index in [0.29, 0.717) is 26.2 Å². The fraction of sp³-hybridized carbons (Fsp3) is 0.571. The molecule has 13 heteroatoms. The third kappa shape index (κ3) is 4.83. The molecule has 10 nitrogen and oxygen atoms in total. The van der Waals surface area contributed by atoms with E-state index in [1.54, 1.807) is 31.7 Å². The van der Waals surface area contributed by atoms with Crippen molar-refractivity contribution in [1.29, 1.82) is 0 Å². The zero-order chi connectivity index (χ0) is 25.2. The molecule has 0 bridgehead atoms. The summed E-state index contributed by atoms with van der Waals surface area (Å²) in [6, 6.07) is 0. The highest BCUT2D eigenvalue weighted by Crippen LogP contribution is 2.38. The lowest BCUT2D eigenvalue weighted by atomic mass is 10.3. The number of aromatic nitrogens is 2. The van der Waals surface area contributed by atoms with E-state index in [1.165, 1.54) is 11.9 Å². The Morgan fingerprint density at radius 2 is 1.88 bits per heavy atom. The van der Waals surface area contributed by atoms with Crippen LogP contribution in [0.5, 0.6) is 0 Å². The Labute approximate surface area is 194 Å². The van der Waals surface area contributed by atoms with Crippen LogP contribution >= 0.6 is 0 Å². The molecule has 1 fully saturated rings. The van der Waals surface area contributed by atoms with Gasteiger partial charge in [0, 0.05) is 39.8 Å². The molecule has 34 heavy (non-hydrogen) atoms. The van der Waals surface area contributed by atoms with Gasteiger partial charge in [-0.3, -0.25) is 18.8 Å². The smallest absolute Gasteiger partial charge is 0.327 e. The maximum absolute atomic E-state index is 13.2. The minimum Gasteiger partial charge on any atom is -0.327 e. The Morgan fingerprint density at radius 3 is 2.44 bits per heavy atom. The fourth-order valence-corrected chi connectivity index (χ4v) is 3.82. The van der Waals surface area contributed by atoms with Gasteiger partial charge in [-0.05, 0) is 20.8 Å². The predicted molar refractivity (Wildman–Crippen MR) is 119 cm³/mol. The fourth-order valence-electron chi connectivity index (χ4n) is 3.82. The highest BCUT2D eigenvalue weighted by Gasteiger charge is 2.50. The summed E-state index contributed by atoms with van der Waals surface area (Å²) in [7, 11) is 1.29. The van der Waals surface area contributed by atoms with E-state index in [0.717, 1.165) is 19.8 Å². The topological polar surface area (TPSA) is 92.0 Å². The molecule has 1 saturated heterocycles. The van der Waals surface area contributed by atoms with Crippen LogP contribution in [0.15, 0.2) is 21.2 Å². The molecule has 0 amide bonds. The molecule has 0 radical (unpaired) electrons. The maximum Gasteiger partial charge on any atom is 0.493 e. The third-order valence-corrected chi connectivity index (χ3v) is 5.48. The van der Waals surface area contributed by atoms with E-state index < -0.39 is 29.7 Å². The average Bonchev–Trinajstić information content (AvgIpc) is 3.09. The largest absolute Gasteiger partial charge is 0.493 e. The van der Waals surface area contributed by atoms with Crippen molar-refractivity contribution in [1.82, 2.24) is 19.4 Å². The number of allylic oxidation sites excluding steroid dienone is 2. The van der Waals surface area contributed by atoms with Crippen LogP contribution in [-0.2, 0) is 23.2 Å². The Balaban J connectivity index is 2.30. The van der Waals surface area contributed by atoms with Gasteiger partial charge >= 0.3 is 17.8 Å². The Hall–Kier alpha value is -3.24. The van der Waals surface area contributed by atoms with Crippen LogP contribution in [0.1, 0.15) is 20.8 Å². The second-order valence-corrected chi connectivity index (χ2v) is 8.10. The monoisotopic (exact) mass is 484 g/mol. The zero-order valence-electron chi connectivity index (χ0n) is 19.4. The summed E-state index contributed by atoms with van der Waals surface area (Å²) in [5.41, 5.74) is -0.696. The van der Waals surface area contributed by atoms with Crippen molar-refractivity contribution in [3.05, 3.63) is 32.5 Å². The summed E-state index contributed by atoms with van der Waals surface area (Å²) in [4.78, 5) is 46.3. The zero-order valence-corrected chi connectivity index (χ0v) is 19.4. The number of carbonyl (C=O) groups excluding carboxylic acids is 1. The molecule has 1 aromatic rings. The van der Waals surface area contributed by atoms with E-state index >= 15 is 0 Å². The Bertz CT molecular complexity index is 1150. The van der Waals surface area contributed by atoms with Crippen molar-refractivity contribution in [2.24, 2.45) is 7.05 Å². The number of hydrogen-bond acceptors (Lipinski definition) is 8. The number of rotatable bonds is 5. The van der Waals surface area contributed by atoms with Crippen molar-refractivity contribution in [3.8, 4) is 11.8 Å². The number of carbonyl (C=O) groups is 1. The summed E-state index contributed by atoms with van der Waals surface area (Å²) >= 11 is 0. The molecule has 2 aliphatic rings. The highest BCUT2D eigenvalue weighted by atomic mass is 19.4. The van der Waals surface area contributed by atoms with Gasteiger partial charge in [0.15, 0.2) is 17.8 Å². The van der Waals surface area contributed by atoms with Gasteiger partial charge in [-0.1, -0.05) is 17.6 Å². The second-order valence-electron chi connectivity index (χ2n) is 8.10. The number of alkyl halides is 3. The molecular formula is C21H27F3N6O4. The van der Waals surface area contributed by atoms with Crippen molar-refractivity contribution in [3.63, 3.8) is 0 Å². The first-order valence-electron chi connectivity index (χ1n) is 10.7. The van der Waals surface area contributed by atoms with Crippen LogP contribution in [-0.4, -0.2) is 65.2 Å². The van der Waals surface area contributed by atoms with Gasteiger partial charge in [0.1, 0.15) is 0 Å². The molecule has 0 aromatic carbocycles. The molecule has 3 heterocycles. The number of nitrogens with zero attached hydrogens (tertiary/aromatic N) is 5. The van der Waals surface area contributed by atoms with E-state index in [2.05, 4.69) is 17.2 Å². The Morgan fingerprint density at radius 1 is 1.24 bits per heavy atom. The Kier molecular flexibility index (Phi) is 7.42. The van der Waals surface area contributed by atoms with Gasteiger partial charge in [0.25, 0.3) is 5.56 Å². The predicted octanol–water partition coefficient (Wildman–Crippen LogP) is 0.372. The van der Waals surface area contributed by atoms with Crippen LogP contribution in [0.25, 0.3) is 0 Å². The minimum absolute atomic E-state index is 0.0335. The van der Waals surface area contributed by atoms with Gasteiger partial charge in [0.2, 0.25) is 0 Å². The number of nitrogens with one attached hydrogen (secondary N) is 1. The quantitative estimate of drug-likeness (QED) is 0.474. The number of halogens is 3. The SMILES string of the molecule is CC#CCN1c2c(n(CC=C(C)C)c(=O)n(C)c2=O)N(OC(=O)C(F)(F)F)C1N1CCNCC1. The van der Waals surface area contributed by atoms with Crippen LogP contribution in [0.4, 0.5) is 24.7 Å². The molecular weight excluding hydrogens is 457 g/mol. The van der Waals surface area contributed by atoms with Crippen molar-refractivity contribution in [2.45, 2.75) is 39.8 Å². The third-order valence-electron chi connectivity index (χ3n) is 5.48. The minimum atomic E-state index is -5.28. The number of fused-ring (bicyclic) bond motifs is 1. The standard InChI is InChI=1S/C21H27F3N6O4/c1-5-6-10-28-15-16(29(11-7-14(2)3)20(33)26(4)17(15)31)30(34-18(32)21(22,23)24)19(28)27-12-8-25-9-13-27/h7,19,25H,8-13H2,1-4H3. The number of anilines is 2. The summed E-state index contributed by atoms with van der Waals surface area (Å²) < 4.78 is 41.7. The molecule has 0 spiro atoms. The van der Waals surface area contributed by atoms with Gasteiger partial charge < -0.3 is 15.1 Å². The van der Waals surface area contributed by atoms with E-state index in [4.69, 9.17) is 4.84 Å². The van der Waals surface area contributed by atoms with Gasteiger partial charge in [-0.15, -0.1) is 11.0 Å². The van der Waals surface area contributed by atoms with Crippen LogP contribution in [0.2, 0.25) is 0 Å². The first-order chi connectivity index (χ1) is 16.0. The van der Waals surface area contributed by atoms with E-state index in [1.807, 2.05) is 0 Å². The number of hydroxylamine groups is 1. The summed E-state index contributed by atoms with van der Waals surface area (Å²) in [5, 5.41) is 3.88. The van der Waals surface area contributed by atoms with Crippen LogP contribution in [0, 0.1) is 11.8 Å². The summed E-state index contributed by atoms with van der Waals surface area (Å²) in [6.07, 6.45) is -4.70. The second kappa shape index (κ2) is 9.94.